The van der Waals surface area contributed by atoms with E-state index in [0.29, 0.717) is 0 Å². The molecule has 0 aliphatic rings. The molecule has 0 saturated heterocycles. The van der Waals surface area contributed by atoms with Crippen molar-refractivity contribution in [3.8, 4) is 44.5 Å². The van der Waals surface area contributed by atoms with Crippen LogP contribution in [0.1, 0.15) is 0 Å². The molecule has 0 N–H and O–H groups in total. The maximum Gasteiger partial charge on any atom is 0.0546 e. The molecule has 9 rings (SSSR count). The zero-order chi connectivity index (χ0) is 34.0. The minimum absolute atomic E-state index is 1.10. The molecule has 1 nitrogen and oxygen atoms in total. The van der Waals surface area contributed by atoms with Crippen molar-refractivity contribution < 1.29 is 0 Å². The van der Waals surface area contributed by atoms with E-state index in [2.05, 4.69) is 217 Å². The molecule has 240 valence electrons. The number of hydrogen-bond donors (Lipinski definition) is 0. The van der Waals surface area contributed by atoms with Gasteiger partial charge in [-0.2, -0.15) is 0 Å². The predicted molar refractivity (Wildman–Crippen MR) is 218 cm³/mol. The van der Waals surface area contributed by atoms with Gasteiger partial charge < -0.3 is 4.90 Å². The highest BCUT2D eigenvalue weighted by Gasteiger charge is 2.19. The van der Waals surface area contributed by atoms with E-state index in [0.717, 1.165) is 17.1 Å². The molecule has 0 fully saturated rings. The van der Waals surface area contributed by atoms with Crippen molar-refractivity contribution in [3.05, 3.63) is 212 Å². The largest absolute Gasteiger partial charge is 0.310 e. The summed E-state index contributed by atoms with van der Waals surface area (Å²) in [4.78, 5) is 2.40. The smallest absolute Gasteiger partial charge is 0.0546 e. The molecule has 0 aliphatic heterocycles. The SMILES string of the molecule is c1ccc(-c2cccc(-c3ccc(N(c4ccccc4)c4cc(-c5cc6ccccc6c6ccccc56)ccc4-c4ccccc4)cc3)c2)cc1. The van der Waals surface area contributed by atoms with Crippen molar-refractivity contribution in [1.29, 1.82) is 0 Å². The first-order valence-electron chi connectivity index (χ1n) is 17.5. The highest BCUT2D eigenvalue weighted by atomic mass is 15.1. The van der Waals surface area contributed by atoms with Gasteiger partial charge in [-0.15, -0.1) is 0 Å². The van der Waals surface area contributed by atoms with Crippen LogP contribution in [0.5, 0.6) is 0 Å². The van der Waals surface area contributed by atoms with E-state index in [1.165, 1.54) is 66.1 Å². The number of anilines is 3. The van der Waals surface area contributed by atoms with E-state index in [1.807, 2.05) is 0 Å². The average Bonchev–Trinajstić information content (AvgIpc) is 3.22. The fourth-order valence-corrected chi connectivity index (χ4v) is 7.36. The van der Waals surface area contributed by atoms with E-state index < -0.39 is 0 Å². The van der Waals surface area contributed by atoms with Gasteiger partial charge >= 0.3 is 0 Å². The highest BCUT2D eigenvalue weighted by Crippen LogP contribution is 2.45. The van der Waals surface area contributed by atoms with Gasteiger partial charge in [0.05, 0.1) is 5.69 Å². The Morgan fingerprint density at radius 1 is 0.255 bits per heavy atom. The molecule has 0 bridgehead atoms. The van der Waals surface area contributed by atoms with Crippen molar-refractivity contribution in [2.24, 2.45) is 0 Å². The van der Waals surface area contributed by atoms with Crippen LogP contribution in [0.15, 0.2) is 212 Å². The topological polar surface area (TPSA) is 3.24 Å². The second-order valence-corrected chi connectivity index (χ2v) is 13.0. The Hall–Kier alpha value is -6.70. The third-order valence-electron chi connectivity index (χ3n) is 9.85. The van der Waals surface area contributed by atoms with Crippen LogP contribution >= 0.6 is 0 Å². The first kappa shape index (κ1) is 30.4. The number of hydrogen-bond acceptors (Lipinski definition) is 1. The molecule has 0 radical (unpaired) electrons. The molecule has 0 saturated carbocycles. The maximum absolute atomic E-state index is 2.40. The lowest BCUT2D eigenvalue weighted by Crippen LogP contribution is -2.11. The third-order valence-corrected chi connectivity index (χ3v) is 9.85. The van der Waals surface area contributed by atoms with Crippen molar-refractivity contribution in [3.63, 3.8) is 0 Å². The summed E-state index contributed by atoms with van der Waals surface area (Å²) in [5.41, 5.74) is 12.9. The van der Waals surface area contributed by atoms with Gasteiger partial charge in [-0.1, -0.05) is 170 Å². The van der Waals surface area contributed by atoms with Crippen LogP contribution in [0.4, 0.5) is 17.1 Å². The quantitative estimate of drug-likeness (QED) is 0.155. The van der Waals surface area contributed by atoms with Gasteiger partial charge in [0, 0.05) is 16.9 Å². The Balaban J connectivity index is 1.22. The molecular formula is C50H35N. The maximum atomic E-state index is 2.40. The molecule has 0 atom stereocenters. The first-order chi connectivity index (χ1) is 25.3. The van der Waals surface area contributed by atoms with Crippen molar-refractivity contribution in [2.75, 3.05) is 4.90 Å². The fourth-order valence-electron chi connectivity index (χ4n) is 7.36. The number of para-hydroxylation sites is 1. The fraction of sp³-hybridized carbons (Fsp3) is 0. The standard InChI is InChI=1S/C50H35N/c1-4-15-36(16-5-1)39-20-14-21-40(33-39)37-27-30-44(31-28-37)51(43-22-8-3-9-23-43)50-35-42(29-32-46(50)38-17-6-2-7-18-38)49-34-41-19-10-11-24-45(41)47-25-12-13-26-48(47)49/h1-35H. The van der Waals surface area contributed by atoms with E-state index in [-0.39, 0.29) is 0 Å². The van der Waals surface area contributed by atoms with Gasteiger partial charge in [0.15, 0.2) is 0 Å². The Kier molecular flexibility index (Phi) is 7.92. The lowest BCUT2D eigenvalue weighted by atomic mass is 9.91. The number of rotatable bonds is 7. The lowest BCUT2D eigenvalue weighted by Gasteiger charge is -2.29. The van der Waals surface area contributed by atoms with Crippen LogP contribution in [0.2, 0.25) is 0 Å². The first-order valence-corrected chi connectivity index (χ1v) is 17.5. The summed E-state index contributed by atoms with van der Waals surface area (Å²) in [6.45, 7) is 0. The molecule has 1 heteroatoms. The summed E-state index contributed by atoms with van der Waals surface area (Å²) in [6.07, 6.45) is 0. The van der Waals surface area contributed by atoms with Crippen LogP contribution < -0.4 is 4.90 Å². The summed E-state index contributed by atoms with van der Waals surface area (Å²) in [5.74, 6) is 0. The van der Waals surface area contributed by atoms with Gasteiger partial charge in [0.2, 0.25) is 0 Å². The van der Waals surface area contributed by atoms with Gasteiger partial charge in [-0.3, -0.25) is 0 Å². The number of fused-ring (bicyclic) bond motifs is 3. The van der Waals surface area contributed by atoms with E-state index in [9.17, 15) is 0 Å². The van der Waals surface area contributed by atoms with Gasteiger partial charge in [0.25, 0.3) is 0 Å². The molecule has 0 unspecified atom stereocenters. The van der Waals surface area contributed by atoms with Crippen molar-refractivity contribution >= 4 is 38.6 Å². The van der Waals surface area contributed by atoms with Crippen molar-refractivity contribution in [2.45, 2.75) is 0 Å². The lowest BCUT2D eigenvalue weighted by molar-refractivity contribution is 1.28. The summed E-state index contributed by atoms with van der Waals surface area (Å²) in [7, 11) is 0. The van der Waals surface area contributed by atoms with E-state index >= 15 is 0 Å². The Labute approximate surface area is 299 Å². The van der Waals surface area contributed by atoms with Gasteiger partial charge in [0.1, 0.15) is 0 Å². The highest BCUT2D eigenvalue weighted by molar-refractivity contribution is 6.14. The molecule has 0 aliphatic carbocycles. The van der Waals surface area contributed by atoms with Crippen LogP contribution in [0.25, 0.3) is 66.1 Å². The normalized spacial score (nSPS) is 11.1. The Morgan fingerprint density at radius 3 is 1.47 bits per heavy atom. The second-order valence-electron chi connectivity index (χ2n) is 13.0. The third kappa shape index (κ3) is 5.86. The van der Waals surface area contributed by atoms with E-state index in [1.54, 1.807) is 0 Å². The average molecular weight is 650 g/mol. The molecule has 9 aromatic rings. The molecule has 9 aromatic carbocycles. The zero-order valence-corrected chi connectivity index (χ0v) is 28.2. The molecular weight excluding hydrogens is 615 g/mol. The number of benzene rings is 9. The summed E-state index contributed by atoms with van der Waals surface area (Å²) >= 11 is 0. The zero-order valence-electron chi connectivity index (χ0n) is 28.2. The minimum atomic E-state index is 1.10. The minimum Gasteiger partial charge on any atom is -0.310 e. The molecule has 0 heterocycles. The molecule has 0 amide bonds. The Bertz CT molecular complexity index is 2610. The van der Waals surface area contributed by atoms with Crippen molar-refractivity contribution in [1.82, 2.24) is 0 Å². The monoisotopic (exact) mass is 649 g/mol. The summed E-state index contributed by atoms with van der Waals surface area (Å²) < 4.78 is 0. The summed E-state index contributed by atoms with van der Waals surface area (Å²) in [6, 6.07) is 76.6. The van der Waals surface area contributed by atoms with Gasteiger partial charge in [-0.05, 0) is 103 Å². The van der Waals surface area contributed by atoms with Crippen LogP contribution in [-0.4, -0.2) is 0 Å². The Morgan fingerprint density at radius 2 is 0.765 bits per heavy atom. The van der Waals surface area contributed by atoms with Gasteiger partial charge in [-0.25, -0.2) is 0 Å². The predicted octanol–water partition coefficient (Wildman–Crippen LogP) is 14.1. The molecule has 0 spiro atoms. The number of nitrogens with zero attached hydrogens (tertiary/aromatic N) is 1. The van der Waals surface area contributed by atoms with Crippen LogP contribution in [-0.2, 0) is 0 Å². The molecule has 51 heavy (non-hydrogen) atoms. The van der Waals surface area contributed by atoms with E-state index in [4.69, 9.17) is 0 Å². The van der Waals surface area contributed by atoms with Crippen LogP contribution in [0.3, 0.4) is 0 Å². The van der Waals surface area contributed by atoms with Crippen LogP contribution in [0, 0.1) is 0 Å². The second kappa shape index (κ2) is 13.3. The summed E-state index contributed by atoms with van der Waals surface area (Å²) in [5, 5.41) is 5.04. The molecule has 0 aromatic heterocycles.